The first kappa shape index (κ1) is 24.5. The van der Waals surface area contributed by atoms with Crippen molar-refractivity contribution in [2.75, 3.05) is 33.5 Å². The number of nitrogens with zero attached hydrogens (tertiary/aromatic N) is 3. The Labute approximate surface area is 205 Å². The molecule has 1 saturated carbocycles. The van der Waals surface area contributed by atoms with Crippen molar-refractivity contribution in [3.63, 3.8) is 0 Å². The minimum absolute atomic E-state index is 0.119. The van der Waals surface area contributed by atoms with Crippen LogP contribution in [0.25, 0.3) is 0 Å². The first-order chi connectivity index (χ1) is 16.6. The molecule has 11 heteroatoms. The number of carbonyl (C=O) groups is 2. The second-order valence-corrected chi connectivity index (χ2v) is 11.3. The van der Waals surface area contributed by atoms with Gasteiger partial charge in [-0.1, -0.05) is 11.8 Å². The van der Waals surface area contributed by atoms with E-state index in [4.69, 9.17) is 14.5 Å². The van der Waals surface area contributed by atoms with Gasteiger partial charge in [-0.2, -0.15) is 0 Å². The number of amides is 2. The summed E-state index contributed by atoms with van der Waals surface area (Å²) in [5, 5.41) is 9.11. The van der Waals surface area contributed by atoms with Gasteiger partial charge in [-0.25, -0.2) is 0 Å². The molecule has 3 N–H and O–H groups in total. The molecule has 4 heterocycles. The topological polar surface area (TPSA) is 108 Å². The van der Waals surface area contributed by atoms with Gasteiger partial charge in [0.15, 0.2) is 0 Å². The number of nitrogens with one attached hydrogen (secondary N) is 3. The lowest BCUT2D eigenvalue weighted by Gasteiger charge is -2.44. The minimum atomic E-state index is -0.205. The van der Waals surface area contributed by atoms with Crippen LogP contribution >= 0.6 is 11.8 Å². The van der Waals surface area contributed by atoms with Crippen molar-refractivity contribution in [1.82, 2.24) is 25.8 Å². The summed E-state index contributed by atoms with van der Waals surface area (Å²) in [5.41, 5.74) is 0. The Morgan fingerprint density at radius 2 is 2.06 bits per heavy atom. The molecule has 5 unspecified atom stereocenters. The number of imide groups is 1. The number of carbonyl (C=O) groups excluding carboxylic acids is 2. The second kappa shape index (κ2) is 11.2. The summed E-state index contributed by atoms with van der Waals surface area (Å²) in [7, 11) is 2.14. The summed E-state index contributed by atoms with van der Waals surface area (Å²) in [5.74, 6) is 0.384. The highest BCUT2D eigenvalue weighted by Crippen LogP contribution is 2.34. The van der Waals surface area contributed by atoms with Crippen molar-refractivity contribution in [3.8, 4) is 0 Å². The number of thioether (sulfide) groups is 1. The van der Waals surface area contributed by atoms with E-state index in [0.717, 1.165) is 76.5 Å². The summed E-state index contributed by atoms with van der Waals surface area (Å²) >= 11 is 1.15. The third-order valence-corrected chi connectivity index (χ3v) is 8.84. The molecule has 2 amide bonds. The average molecular weight is 495 g/mol. The maximum atomic E-state index is 11.8. The van der Waals surface area contributed by atoms with E-state index in [1.807, 2.05) is 6.34 Å². The highest BCUT2D eigenvalue weighted by Gasteiger charge is 2.43. The van der Waals surface area contributed by atoms with Gasteiger partial charge >= 0.3 is 0 Å². The van der Waals surface area contributed by atoms with Gasteiger partial charge in [0.1, 0.15) is 18.4 Å². The van der Waals surface area contributed by atoms with Crippen LogP contribution in [-0.4, -0.2) is 96.7 Å². The van der Waals surface area contributed by atoms with E-state index in [1.165, 1.54) is 6.42 Å². The maximum absolute atomic E-state index is 11.8. The molecule has 3 saturated heterocycles. The van der Waals surface area contributed by atoms with Crippen LogP contribution in [0.2, 0.25) is 0 Å². The summed E-state index contributed by atoms with van der Waals surface area (Å²) < 4.78 is 12.2. The molecule has 5 aliphatic rings. The summed E-state index contributed by atoms with van der Waals surface area (Å²) in [4.78, 5) is 32.6. The summed E-state index contributed by atoms with van der Waals surface area (Å²) in [6, 6.07) is 0.122. The molecule has 190 valence electrons. The lowest BCUT2D eigenvalue weighted by Crippen LogP contribution is -2.68. The predicted octanol–water partition coefficient (Wildman–Crippen LogP) is 1.28. The number of ether oxygens (including phenoxy) is 2. The van der Waals surface area contributed by atoms with Gasteiger partial charge in [-0.3, -0.25) is 35.4 Å². The number of hydrogen-bond acceptors (Lipinski definition) is 10. The van der Waals surface area contributed by atoms with E-state index < -0.39 is 0 Å². The zero-order valence-corrected chi connectivity index (χ0v) is 20.8. The van der Waals surface area contributed by atoms with E-state index in [0.29, 0.717) is 12.5 Å². The Morgan fingerprint density at radius 1 is 1.21 bits per heavy atom. The van der Waals surface area contributed by atoms with Gasteiger partial charge in [0.25, 0.3) is 5.24 Å². The Kier molecular flexibility index (Phi) is 8.07. The Morgan fingerprint density at radius 3 is 2.79 bits per heavy atom. The number of rotatable bonds is 8. The quantitative estimate of drug-likeness (QED) is 0.460. The van der Waals surface area contributed by atoms with E-state index in [9.17, 15) is 9.59 Å². The molecular formula is C23H38N6O4S. The molecule has 0 aromatic carbocycles. The number of hydrogen-bond donors (Lipinski definition) is 3. The minimum Gasteiger partial charge on any atom is -0.377 e. The van der Waals surface area contributed by atoms with Crippen LogP contribution in [0.5, 0.6) is 0 Å². The van der Waals surface area contributed by atoms with Gasteiger partial charge in [-0.05, 0) is 64.3 Å². The molecule has 5 atom stereocenters. The first-order valence-electron chi connectivity index (χ1n) is 12.8. The van der Waals surface area contributed by atoms with Crippen LogP contribution < -0.4 is 16.0 Å². The molecular weight excluding hydrogens is 456 g/mol. The van der Waals surface area contributed by atoms with E-state index in [1.54, 1.807) is 0 Å². The molecule has 4 fully saturated rings. The van der Waals surface area contributed by atoms with Crippen molar-refractivity contribution in [2.24, 2.45) is 10.9 Å². The Bertz CT molecular complexity index is 758. The molecule has 5 rings (SSSR count). The highest BCUT2D eigenvalue weighted by molar-refractivity contribution is 8.15. The van der Waals surface area contributed by atoms with Crippen molar-refractivity contribution in [3.05, 3.63) is 0 Å². The van der Waals surface area contributed by atoms with Crippen LogP contribution in [0, 0.1) is 5.92 Å². The van der Waals surface area contributed by atoms with Crippen LogP contribution in [0.4, 0.5) is 4.79 Å². The SMILES string of the molecule is CN(CCOC1CCC(CC2SC(=O)NC2=O)CC1)C1NCNC2C1N=CN2C1CCCCO1. The summed E-state index contributed by atoms with van der Waals surface area (Å²) in [6.45, 7) is 3.12. The lowest BCUT2D eigenvalue weighted by molar-refractivity contribution is -0.119. The smallest absolute Gasteiger partial charge is 0.286 e. The number of fused-ring (bicyclic) bond motifs is 1. The molecule has 0 aromatic heterocycles. The maximum Gasteiger partial charge on any atom is 0.286 e. The molecule has 0 aromatic rings. The fourth-order valence-electron chi connectivity index (χ4n) is 5.87. The monoisotopic (exact) mass is 494 g/mol. The molecule has 0 bridgehead atoms. The van der Waals surface area contributed by atoms with Crippen LogP contribution in [0.1, 0.15) is 51.4 Å². The fraction of sp³-hybridized carbons (Fsp3) is 0.870. The van der Waals surface area contributed by atoms with Crippen LogP contribution in [-0.2, 0) is 14.3 Å². The van der Waals surface area contributed by atoms with Gasteiger partial charge in [0.05, 0.1) is 30.5 Å². The zero-order valence-electron chi connectivity index (χ0n) is 20.0. The second-order valence-electron chi connectivity index (χ2n) is 10.1. The molecule has 0 radical (unpaired) electrons. The first-order valence-corrected chi connectivity index (χ1v) is 13.7. The van der Waals surface area contributed by atoms with E-state index in [-0.39, 0.29) is 47.1 Å². The lowest BCUT2D eigenvalue weighted by atomic mass is 9.84. The van der Waals surface area contributed by atoms with Crippen LogP contribution in [0.3, 0.4) is 0 Å². The molecule has 1 aliphatic carbocycles. The Hall–Kier alpha value is -1.24. The van der Waals surface area contributed by atoms with E-state index >= 15 is 0 Å². The molecule has 4 aliphatic heterocycles. The third-order valence-electron chi connectivity index (χ3n) is 7.83. The normalized spacial score (nSPS) is 38.4. The molecule has 34 heavy (non-hydrogen) atoms. The molecule has 0 spiro atoms. The zero-order chi connectivity index (χ0) is 23.5. The van der Waals surface area contributed by atoms with Gasteiger partial charge < -0.3 is 14.4 Å². The van der Waals surface area contributed by atoms with Crippen molar-refractivity contribution < 1.29 is 19.1 Å². The Balaban J connectivity index is 1.02. The van der Waals surface area contributed by atoms with Gasteiger partial charge in [0.2, 0.25) is 5.91 Å². The number of aliphatic imine (C=N–C) groups is 1. The molecule has 10 nitrogen and oxygen atoms in total. The third kappa shape index (κ3) is 5.60. The predicted molar refractivity (Wildman–Crippen MR) is 130 cm³/mol. The van der Waals surface area contributed by atoms with Crippen LogP contribution in [0.15, 0.2) is 4.99 Å². The van der Waals surface area contributed by atoms with Crippen molar-refractivity contribution in [1.29, 1.82) is 0 Å². The van der Waals surface area contributed by atoms with Crippen molar-refractivity contribution in [2.45, 2.75) is 87.3 Å². The highest BCUT2D eigenvalue weighted by atomic mass is 32.2. The van der Waals surface area contributed by atoms with Gasteiger partial charge in [0, 0.05) is 19.8 Å². The van der Waals surface area contributed by atoms with E-state index in [2.05, 4.69) is 32.8 Å². The average Bonchev–Trinajstić information content (AvgIpc) is 3.43. The van der Waals surface area contributed by atoms with Crippen molar-refractivity contribution >= 4 is 29.2 Å². The van der Waals surface area contributed by atoms with Gasteiger partial charge in [-0.15, -0.1) is 0 Å². The fourth-order valence-corrected chi connectivity index (χ4v) is 6.82. The summed E-state index contributed by atoms with van der Waals surface area (Å²) in [6.07, 6.45) is 11.1. The standard InChI is InChI=1S/C23H38N6O4S/c1-28(20-19-21(25-13-24-20)29(14-26-19)18-4-2-3-10-33-18)9-11-32-16-7-5-15(6-8-16)12-17-22(30)27-23(31)34-17/h14-21,24-25H,2-13H2,1H3,(H,27,30,31). The number of likely N-dealkylation sites (N-methyl/N-ethyl adjacent to an activating group) is 1. The largest absolute Gasteiger partial charge is 0.377 e.